The topological polar surface area (TPSA) is 28.2 Å². The molecule has 1 heterocycles. The smallest absolute Gasteiger partial charge is 0.0519 e. The van der Waals surface area contributed by atoms with Crippen LogP contribution in [0.1, 0.15) is 37.9 Å². The second-order valence-electron chi connectivity index (χ2n) is 5.27. The molecule has 0 aliphatic heterocycles. The number of nitrogens with zero attached hydrogens (tertiary/aromatic N) is 2. The Kier molecular flexibility index (Phi) is 4.66. The minimum absolute atomic E-state index is 0.0454. The van der Waals surface area contributed by atoms with Gasteiger partial charge >= 0.3 is 0 Å². The Labute approximate surface area is 105 Å². The number of aryl methyl sites for hydroxylation is 1. The van der Waals surface area contributed by atoms with Crippen LogP contribution in [0.4, 0.5) is 0 Å². The van der Waals surface area contributed by atoms with Gasteiger partial charge in [-0.15, -0.1) is 0 Å². The first-order valence-electron chi connectivity index (χ1n) is 6.22. The maximum atomic E-state index is 4.26. The quantitative estimate of drug-likeness (QED) is 0.849. The number of pyridine rings is 1. The molecule has 3 nitrogen and oxygen atoms in total. The molecule has 1 N–H and O–H groups in total. The Morgan fingerprint density at radius 2 is 2.06 bits per heavy atom. The molecule has 0 amide bonds. The van der Waals surface area contributed by atoms with Gasteiger partial charge in [-0.2, -0.15) is 0 Å². The Morgan fingerprint density at radius 3 is 2.53 bits per heavy atom. The average molecular weight is 235 g/mol. The molecule has 1 rings (SSSR count). The summed E-state index contributed by atoms with van der Waals surface area (Å²) in [6, 6.07) is 2.36. The monoisotopic (exact) mass is 235 g/mol. The first-order chi connectivity index (χ1) is 7.91. The van der Waals surface area contributed by atoms with Gasteiger partial charge in [-0.25, -0.2) is 0 Å². The SMILES string of the molecule is CCNC(c1cnccc1C)C(C)(C)N(C)C. The van der Waals surface area contributed by atoms with Gasteiger partial charge in [0.1, 0.15) is 0 Å². The lowest BCUT2D eigenvalue weighted by atomic mass is 9.86. The molecule has 0 saturated carbocycles. The summed E-state index contributed by atoms with van der Waals surface area (Å²) < 4.78 is 0. The molecule has 0 spiro atoms. The van der Waals surface area contributed by atoms with Gasteiger partial charge in [0.15, 0.2) is 0 Å². The summed E-state index contributed by atoms with van der Waals surface area (Å²) >= 11 is 0. The lowest BCUT2D eigenvalue weighted by Crippen LogP contribution is -2.49. The summed E-state index contributed by atoms with van der Waals surface area (Å²) in [5.74, 6) is 0. The fraction of sp³-hybridized carbons (Fsp3) is 0.643. The fourth-order valence-corrected chi connectivity index (χ4v) is 1.98. The first kappa shape index (κ1) is 14.1. The van der Waals surface area contributed by atoms with Gasteiger partial charge in [-0.3, -0.25) is 4.98 Å². The van der Waals surface area contributed by atoms with Crippen molar-refractivity contribution in [3.05, 3.63) is 29.6 Å². The van der Waals surface area contributed by atoms with Crippen LogP contribution in [0.2, 0.25) is 0 Å². The third kappa shape index (κ3) is 3.05. The molecule has 0 radical (unpaired) electrons. The lowest BCUT2D eigenvalue weighted by Gasteiger charge is -2.41. The molecular formula is C14H25N3. The fourth-order valence-electron chi connectivity index (χ4n) is 1.98. The number of rotatable bonds is 5. The largest absolute Gasteiger partial charge is 0.309 e. The normalized spacial score (nSPS) is 14.1. The minimum Gasteiger partial charge on any atom is -0.309 e. The van der Waals surface area contributed by atoms with Crippen LogP contribution in [-0.4, -0.2) is 36.1 Å². The highest BCUT2D eigenvalue weighted by Crippen LogP contribution is 2.30. The molecule has 0 aromatic carbocycles. The van der Waals surface area contributed by atoms with Crippen LogP contribution in [0.15, 0.2) is 18.5 Å². The maximum Gasteiger partial charge on any atom is 0.0519 e. The Morgan fingerprint density at radius 1 is 1.41 bits per heavy atom. The van der Waals surface area contributed by atoms with Crippen molar-refractivity contribution >= 4 is 0 Å². The number of nitrogens with one attached hydrogen (secondary N) is 1. The van der Waals surface area contributed by atoms with Crippen LogP contribution in [0, 0.1) is 6.92 Å². The molecule has 96 valence electrons. The van der Waals surface area contributed by atoms with E-state index in [-0.39, 0.29) is 11.6 Å². The first-order valence-corrected chi connectivity index (χ1v) is 6.22. The summed E-state index contributed by atoms with van der Waals surface area (Å²) in [4.78, 5) is 6.52. The van der Waals surface area contributed by atoms with Crippen LogP contribution in [0.5, 0.6) is 0 Å². The molecule has 0 bridgehead atoms. The second-order valence-corrected chi connectivity index (χ2v) is 5.27. The zero-order valence-electron chi connectivity index (χ0n) is 11.9. The van der Waals surface area contributed by atoms with Crippen molar-refractivity contribution in [2.24, 2.45) is 0 Å². The van der Waals surface area contributed by atoms with Crippen LogP contribution < -0.4 is 5.32 Å². The molecular weight excluding hydrogens is 210 g/mol. The van der Waals surface area contributed by atoms with Gasteiger partial charge < -0.3 is 10.2 Å². The summed E-state index contributed by atoms with van der Waals surface area (Å²) in [5.41, 5.74) is 2.62. The molecule has 17 heavy (non-hydrogen) atoms. The molecule has 1 aromatic heterocycles. The predicted octanol–water partition coefficient (Wildman–Crippen LogP) is 2.38. The zero-order valence-corrected chi connectivity index (χ0v) is 11.9. The van der Waals surface area contributed by atoms with Crippen molar-refractivity contribution in [3.8, 4) is 0 Å². The number of hydrogen-bond acceptors (Lipinski definition) is 3. The molecule has 0 saturated heterocycles. The number of hydrogen-bond donors (Lipinski definition) is 1. The van der Waals surface area contributed by atoms with Crippen LogP contribution in [0.3, 0.4) is 0 Å². The second kappa shape index (κ2) is 5.61. The van der Waals surface area contributed by atoms with Crippen LogP contribution in [0.25, 0.3) is 0 Å². The average Bonchev–Trinajstić information content (AvgIpc) is 2.26. The minimum atomic E-state index is 0.0454. The van der Waals surface area contributed by atoms with E-state index in [1.165, 1.54) is 11.1 Å². The van der Waals surface area contributed by atoms with Crippen molar-refractivity contribution in [2.75, 3.05) is 20.6 Å². The van der Waals surface area contributed by atoms with Gasteiger partial charge in [-0.1, -0.05) is 6.92 Å². The van der Waals surface area contributed by atoms with E-state index in [9.17, 15) is 0 Å². The van der Waals surface area contributed by atoms with E-state index in [0.29, 0.717) is 0 Å². The van der Waals surface area contributed by atoms with Gasteiger partial charge in [0.05, 0.1) is 6.04 Å². The van der Waals surface area contributed by atoms with Crippen molar-refractivity contribution < 1.29 is 0 Å². The van der Waals surface area contributed by atoms with Crippen molar-refractivity contribution in [3.63, 3.8) is 0 Å². The molecule has 0 aliphatic rings. The summed E-state index contributed by atoms with van der Waals surface area (Å²) in [6.45, 7) is 9.76. The molecule has 0 fully saturated rings. The third-order valence-electron chi connectivity index (χ3n) is 3.66. The summed E-state index contributed by atoms with van der Waals surface area (Å²) in [6.07, 6.45) is 3.83. The summed E-state index contributed by atoms with van der Waals surface area (Å²) in [5, 5.41) is 3.58. The van der Waals surface area contributed by atoms with Gasteiger partial charge in [0, 0.05) is 17.9 Å². The van der Waals surface area contributed by atoms with Crippen molar-refractivity contribution in [1.82, 2.24) is 15.2 Å². The van der Waals surface area contributed by atoms with Gasteiger partial charge in [0.25, 0.3) is 0 Å². The molecule has 1 aromatic rings. The van der Waals surface area contributed by atoms with E-state index >= 15 is 0 Å². The summed E-state index contributed by atoms with van der Waals surface area (Å²) in [7, 11) is 4.24. The van der Waals surface area contributed by atoms with E-state index in [2.05, 4.69) is 63.1 Å². The van der Waals surface area contributed by atoms with Gasteiger partial charge in [0.2, 0.25) is 0 Å². The van der Waals surface area contributed by atoms with Crippen molar-refractivity contribution in [1.29, 1.82) is 0 Å². The van der Waals surface area contributed by atoms with Crippen LogP contribution in [-0.2, 0) is 0 Å². The Bertz CT molecular complexity index is 358. The number of aromatic nitrogens is 1. The molecule has 1 atom stereocenters. The number of likely N-dealkylation sites (N-methyl/N-ethyl adjacent to an activating group) is 2. The Hall–Kier alpha value is -0.930. The standard InChI is InChI=1S/C14H25N3/c1-7-16-13(14(3,4)17(5)6)12-10-15-9-8-11(12)2/h8-10,13,16H,7H2,1-6H3. The van der Waals surface area contributed by atoms with E-state index in [0.717, 1.165) is 6.54 Å². The van der Waals surface area contributed by atoms with Crippen molar-refractivity contribution in [2.45, 2.75) is 39.3 Å². The Balaban J connectivity index is 3.14. The maximum absolute atomic E-state index is 4.26. The zero-order chi connectivity index (χ0) is 13.1. The predicted molar refractivity (Wildman–Crippen MR) is 73.2 cm³/mol. The van der Waals surface area contributed by atoms with E-state index in [4.69, 9.17) is 0 Å². The van der Waals surface area contributed by atoms with Gasteiger partial charge in [-0.05, 0) is 58.6 Å². The third-order valence-corrected chi connectivity index (χ3v) is 3.66. The lowest BCUT2D eigenvalue weighted by molar-refractivity contribution is 0.138. The highest BCUT2D eigenvalue weighted by molar-refractivity contribution is 5.28. The highest BCUT2D eigenvalue weighted by Gasteiger charge is 2.33. The molecule has 3 heteroatoms. The molecule has 1 unspecified atom stereocenters. The van der Waals surface area contributed by atoms with E-state index < -0.39 is 0 Å². The van der Waals surface area contributed by atoms with E-state index in [1.54, 1.807) is 0 Å². The van der Waals surface area contributed by atoms with Crippen LogP contribution >= 0.6 is 0 Å². The highest BCUT2D eigenvalue weighted by atomic mass is 15.2. The molecule has 0 aliphatic carbocycles. The van der Waals surface area contributed by atoms with E-state index in [1.807, 2.05) is 12.4 Å².